The fourth-order valence-corrected chi connectivity index (χ4v) is 4.64. The molecule has 1 saturated carbocycles. The number of alkyl halides is 3. The lowest BCUT2D eigenvalue weighted by Gasteiger charge is -2.40. The number of carbonyl (C=O) groups excluding carboxylic acids is 1. The summed E-state index contributed by atoms with van der Waals surface area (Å²) >= 11 is 2.63. The van der Waals surface area contributed by atoms with Gasteiger partial charge >= 0.3 is 6.18 Å². The summed E-state index contributed by atoms with van der Waals surface area (Å²) in [5.74, 6) is -0.520. The minimum atomic E-state index is -4.23. The van der Waals surface area contributed by atoms with Gasteiger partial charge < -0.3 is 10.4 Å². The number of anilines is 1. The summed E-state index contributed by atoms with van der Waals surface area (Å²) in [5.41, 5.74) is 1.45. The summed E-state index contributed by atoms with van der Waals surface area (Å²) in [4.78, 5) is 23.0. The van der Waals surface area contributed by atoms with Crippen LogP contribution in [0.25, 0.3) is 10.6 Å². The van der Waals surface area contributed by atoms with Crippen molar-refractivity contribution in [1.29, 1.82) is 0 Å². The van der Waals surface area contributed by atoms with Crippen LogP contribution < -0.4 is 5.32 Å². The van der Waals surface area contributed by atoms with Crippen LogP contribution in [-0.2, 0) is 11.4 Å². The van der Waals surface area contributed by atoms with Crippen molar-refractivity contribution in [3.63, 3.8) is 0 Å². The summed E-state index contributed by atoms with van der Waals surface area (Å²) in [5, 5.41) is 14.8. The largest absolute Gasteiger partial charge is 0.401 e. The highest BCUT2D eigenvalue weighted by molar-refractivity contribution is 7.17. The highest BCUT2D eigenvalue weighted by Gasteiger charge is 2.40. The van der Waals surface area contributed by atoms with Gasteiger partial charge in [-0.3, -0.25) is 9.69 Å². The molecule has 3 rings (SSSR count). The van der Waals surface area contributed by atoms with E-state index in [-0.39, 0.29) is 24.5 Å². The van der Waals surface area contributed by atoms with Gasteiger partial charge in [0.15, 0.2) is 5.13 Å². The van der Waals surface area contributed by atoms with Crippen molar-refractivity contribution in [2.75, 3.05) is 18.9 Å². The molecule has 2 aromatic rings. The van der Waals surface area contributed by atoms with Crippen molar-refractivity contribution in [2.45, 2.75) is 38.6 Å². The molecule has 2 N–H and O–H groups in total. The third-order valence-corrected chi connectivity index (χ3v) is 6.40. The maximum atomic E-state index is 12.4. The summed E-state index contributed by atoms with van der Waals surface area (Å²) in [7, 11) is 1.43. The summed E-state index contributed by atoms with van der Waals surface area (Å²) in [6, 6.07) is -0.231. The van der Waals surface area contributed by atoms with Gasteiger partial charge in [-0.05, 0) is 26.8 Å². The molecule has 0 unspecified atom stereocenters. The summed E-state index contributed by atoms with van der Waals surface area (Å²) < 4.78 is 37.3. The van der Waals surface area contributed by atoms with Crippen LogP contribution in [0.3, 0.4) is 0 Å². The number of amides is 1. The Bertz CT molecular complexity index is 815. The smallest absolute Gasteiger partial charge is 0.389 e. The van der Waals surface area contributed by atoms with E-state index in [0.717, 1.165) is 10.6 Å². The lowest BCUT2D eigenvalue weighted by Crippen LogP contribution is -2.49. The SMILES string of the molecule is Cc1nc(CO)sc1-c1csc(NC(=O)C2CC(N(C)CC(F)(F)F)C2)n1. The van der Waals surface area contributed by atoms with Crippen LogP contribution in [0.2, 0.25) is 0 Å². The van der Waals surface area contributed by atoms with Gasteiger partial charge in [0.05, 0.1) is 29.4 Å². The van der Waals surface area contributed by atoms with Crippen LogP contribution in [0.5, 0.6) is 0 Å². The molecule has 0 spiro atoms. The molecule has 27 heavy (non-hydrogen) atoms. The minimum Gasteiger partial charge on any atom is -0.389 e. The molecule has 1 aliphatic carbocycles. The Morgan fingerprint density at radius 2 is 2.11 bits per heavy atom. The number of nitrogens with one attached hydrogen (secondary N) is 1. The number of rotatable bonds is 6. The van der Waals surface area contributed by atoms with Gasteiger partial charge in [0.25, 0.3) is 0 Å². The number of hydrogen-bond acceptors (Lipinski definition) is 7. The fourth-order valence-electron chi connectivity index (χ4n) is 2.97. The maximum absolute atomic E-state index is 12.4. The molecule has 0 radical (unpaired) electrons. The molecule has 0 bridgehead atoms. The Kier molecular flexibility index (Phi) is 5.84. The zero-order valence-corrected chi connectivity index (χ0v) is 16.3. The van der Waals surface area contributed by atoms with Gasteiger partial charge in [-0.2, -0.15) is 13.2 Å². The Hall–Kier alpha value is -1.56. The molecule has 0 aliphatic heterocycles. The van der Waals surface area contributed by atoms with E-state index in [1.54, 1.807) is 5.38 Å². The summed E-state index contributed by atoms with van der Waals surface area (Å²) in [6.45, 7) is 0.727. The second-order valence-electron chi connectivity index (χ2n) is 6.56. The molecule has 2 heterocycles. The fraction of sp³-hybridized carbons (Fsp3) is 0.562. The second kappa shape index (κ2) is 7.82. The van der Waals surface area contributed by atoms with Crippen LogP contribution in [0.1, 0.15) is 23.5 Å². The number of aliphatic hydroxyl groups excluding tert-OH is 1. The Balaban J connectivity index is 1.54. The molecule has 1 amide bonds. The van der Waals surface area contributed by atoms with E-state index in [0.29, 0.717) is 28.7 Å². The van der Waals surface area contributed by atoms with Gasteiger partial charge in [0, 0.05) is 17.3 Å². The molecule has 11 heteroatoms. The first-order valence-corrected chi connectivity index (χ1v) is 9.97. The van der Waals surface area contributed by atoms with Gasteiger partial charge in [0.1, 0.15) is 5.01 Å². The van der Waals surface area contributed by atoms with Gasteiger partial charge in [0.2, 0.25) is 5.91 Å². The van der Waals surface area contributed by atoms with Crippen molar-refractivity contribution in [2.24, 2.45) is 5.92 Å². The Morgan fingerprint density at radius 1 is 1.41 bits per heavy atom. The third-order valence-electron chi connectivity index (χ3n) is 4.48. The molecule has 1 fully saturated rings. The highest BCUT2D eigenvalue weighted by Crippen LogP contribution is 2.35. The van der Waals surface area contributed by atoms with Crippen molar-refractivity contribution in [3.8, 4) is 10.6 Å². The lowest BCUT2D eigenvalue weighted by atomic mass is 9.79. The van der Waals surface area contributed by atoms with E-state index in [1.165, 1.54) is 34.6 Å². The van der Waals surface area contributed by atoms with Crippen LogP contribution in [-0.4, -0.2) is 51.7 Å². The monoisotopic (exact) mass is 420 g/mol. The molecule has 1 aliphatic rings. The average Bonchev–Trinajstić information content (AvgIpc) is 3.09. The Morgan fingerprint density at radius 3 is 2.70 bits per heavy atom. The zero-order chi connectivity index (χ0) is 19.8. The van der Waals surface area contributed by atoms with Crippen LogP contribution >= 0.6 is 22.7 Å². The lowest BCUT2D eigenvalue weighted by molar-refractivity contribution is -0.153. The van der Waals surface area contributed by atoms with Crippen LogP contribution in [0, 0.1) is 12.8 Å². The minimum absolute atomic E-state index is 0.134. The van der Waals surface area contributed by atoms with E-state index < -0.39 is 12.7 Å². The van der Waals surface area contributed by atoms with Crippen molar-refractivity contribution < 1.29 is 23.1 Å². The molecule has 148 valence electrons. The number of aryl methyl sites for hydroxylation is 1. The van der Waals surface area contributed by atoms with Crippen LogP contribution in [0.4, 0.5) is 18.3 Å². The molecular formula is C16H19F3N4O2S2. The van der Waals surface area contributed by atoms with Gasteiger partial charge in [-0.15, -0.1) is 22.7 Å². The quantitative estimate of drug-likeness (QED) is 0.750. The molecule has 6 nitrogen and oxygen atoms in total. The normalized spacial score (nSPS) is 20.0. The summed E-state index contributed by atoms with van der Waals surface area (Å²) in [6.07, 6.45) is -3.42. The number of nitrogens with zero attached hydrogens (tertiary/aromatic N) is 3. The predicted molar refractivity (Wildman–Crippen MR) is 97.7 cm³/mol. The molecule has 0 atom stereocenters. The average molecular weight is 420 g/mol. The standard InChI is InChI=1S/C16H19F3N4O2S2/c1-8-13(27-12(5-24)20-8)11-6-26-15(21-11)22-14(25)9-3-10(4-9)23(2)7-16(17,18)19/h6,9-10,24H,3-5,7H2,1-2H3,(H,21,22,25). The van der Waals surface area contributed by atoms with Crippen LogP contribution in [0.15, 0.2) is 5.38 Å². The molecule has 2 aromatic heterocycles. The van der Waals surface area contributed by atoms with E-state index in [1.807, 2.05) is 6.92 Å². The number of aromatic nitrogens is 2. The molecule has 0 aromatic carbocycles. The van der Waals surface area contributed by atoms with E-state index >= 15 is 0 Å². The number of halogens is 3. The van der Waals surface area contributed by atoms with Crippen molar-refractivity contribution >= 4 is 33.7 Å². The predicted octanol–water partition coefficient (Wildman–Crippen LogP) is 3.28. The molecular weight excluding hydrogens is 401 g/mol. The van der Waals surface area contributed by atoms with Gasteiger partial charge in [-0.1, -0.05) is 0 Å². The van der Waals surface area contributed by atoms with Gasteiger partial charge in [-0.25, -0.2) is 9.97 Å². The first-order valence-electron chi connectivity index (χ1n) is 8.27. The second-order valence-corrected chi connectivity index (χ2v) is 8.50. The number of hydrogen-bond donors (Lipinski definition) is 2. The number of carbonyl (C=O) groups is 1. The van der Waals surface area contributed by atoms with Crippen molar-refractivity contribution in [1.82, 2.24) is 14.9 Å². The van der Waals surface area contributed by atoms with Crippen molar-refractivity contribution in [3.05, 3.63) is 16.1 Å². The van der Waals surface area contributed by atoms with E-state index in [9.17, 15) is 23.1 Å². The Labute approximate surface area is 162 Å². The topological polar surface area (TPSA) is 78.4 Å². The van der Waals surface area contributed by atoms with E-state index in [4.69, 9.17) is 0 Å². The number of thiazole rings is 2. The third kappa shape index (κ3) is 4.84. The van der Waals surface area contributed by atoms with E-state index in [2.05, 4.69) is 15.3 Å². The first kappa shape index (κ1) is 20.2. The maximum Gasteiger partial charge on any atom is 0.401 e. The zero-order valence-electron chi connectivity index (χ0n) is 14.7. The highest BCUT2D eigenvalue weighted by atomic mass is 32.1. The first-order chi connectivity index (χ1) is 12.7. The number of aliphatic hydroxyl groups is 1. The molecule has 0 saturated heterocycles.